The van der Waals surface area contributed by atoms with Gasteiger partial charge in [0.15, 0.2) is 5.82 Å². The lowest BCUT2D eigenvalue weighted by Gasteiger charge is -2.01. The standard InChI is InChI=1S/C4H6N4O3/c5-1-2(6)8(11)4(10)3(9)7-1/h11H,5-6H2,(H,7,9). The van der Waals surface area contributed by atoms with Crippen molar-refractivity contribution in [2.45, 2.75) is 0 Å². The minimum atomic E-state index is -1.16. The van der Waals surface area contributed by atoms with E-state index in [1.165, 1.54) is 0 Å². The van der Waals surface area contributed by atoms with E-state index in [2.05, 4.69) is 0 Å². The molecule has 1 heterocycles. The van der Waals surface area contributed by atoms with Gasteiger partial charge in [-0.2, -0.15) is 0 Å². The van der Waals surface area contributed by atoms with Gasteiger partial charge in [0.1, 0.15) is 5.82 Å². The molecule has 6 N–H and O–H groups in total. The first-order valence-electron chi connectivity index (χ1n) is 2.63. The van der Waals surface area contributed by atoms with Crippen molar-refractivity contribution in [1.29, 1.82) is 0 Å². The van der Waals surface area contributed by atoms with E-state index >= 15 is 0 Å². The van der Waals surface area contributed by atoms with Crippen molar-refractivity contribution in [3.8, 4) is 0 Å². The number of rotatable bonds is 0. The maximum absolute atomic E-state index is 10.6. The minimum absolute atomic E-state index is 0.00579. The van der Waals surface area contributed by atoms with Crippen molar-refractivity contribution in [3.05, 3.63) is 20.7 Å². The van der Waals surface area contributed by atoms with Gasteiger partial charge in [-0.15, -0.1) is 4.73 Å². The summed E-state index contributed by atoms with van der Waals surface area (Å²) in [6, 6.07) is 0. The van der Waals surface area contributed by atoms with Gasteiger partial charge in [-0.3, -0.25) is 9.59 Å². The molecule has 1 aromatic heterocycles. The normalized spacial score (nSPS) is 9.82. The number of aromatic amines is 1. The maximum atomic E-state index is 10.6. The molecule has 0 fully saturated rings. The highest BCUT2D eigenvalue weighted by atomic mass is 16.5. The lowest BCUT2D eigenvalue weighted by atomic mass is 10.6. The molecule has 60 valence electrons. The van der Waals surface area contributed by atoms with Crippen LogP contribution in [-0.4, -0.2) is 14.9 Å². The van der Waals surface area contributed by atoms with E-state index in [1.807, 2.05) is 4.98 Å². The monoisotopic (exact) mass is 158 g/mol. The summed E-state index contributed by atoms with van der Waals surface area (Å²) in [6.45, 7) is 0. The Labute approximate surface area is 59.8 Å². The fourth-order valence-electron chi connectivity index (χ4n) is 0.559. The molecule has 1 aromatic rings. The minimum Gasteiger partial charge on any atom is -0.423 e. The molecule has 7 heteroatoms. The van der Waals surface area contributed by atoms with Crippen LogP contribution in [0.3, 0.4) is 0 Å². The summed E-state index contributed by atoms with van der Waals surface area (Å²) in [7, 11) is 0. The average molecular weight is 158 g/mol. The first kappa shape index (κ1) is 7.19. The first-order valence-corrected chi connectivity index (χ1v) is 2.63. The van der Waals surface area contributed by atoms with Crippen LogP contribution in [0.4, 0.5) is 11.6 Å². The third kappa shape index (κ3) is 0.914. The molecule has 0 radical (unpaired) electrons. The van der Waals surface area contributed by atoms with Gasteiger partial charge in [0, 0.05) is 0 Å². The SMILES string of the molecule is Nc1[nH]c(=O)c(=O)n(O)c1N. The fourth-order valence-corrected chi connectivity index (χ4v) is 0.559. The molecule has 0 unspecified atom stereocenters. The van der Waals surface area contributed by atoms with Crippen LogP contribution in [0.5, 0.6) is 0 Å². The molecule has 0 amide bonds. The van der Waals surface area contributed by atoms with Crippen molar-refractivity contribution in [1.82, 2.24) is 9.71 Å². The van der Waals surface area contributed by atoms with E-state index in [0.29, 0.717) is 0 Å². The lowest BCUT2D eigenvalue weighted by Crippen LogP contribution is -2.37. The lowest BCUT2D eigenvalue weighted by molar-refractivity contribution is 0.179. The molecular formula is C4H6N4O3. The molecule has 0 aliphatic rings. The molecule has 0 bridgehead atoms. The van der Waals surface area contributed by atoms with Crippen LogP contribution >= 0.6 is 0 Å². The highest BCUT2D eigenvalue weighted by Gasteiger charge is 2.06. The van der Waals surface area contributed by atoms with Crippen LogP contribution in [0.2, 0.25) is 0 Å². The summed E-state index contributed by atoms with van der Waals surface area (Å²) in [6.07, 6.45) is 0. The molecule has 7 nitrogen and oxygen atoms in total. The molecule has 1 rings (SSSR count). The number of H-pyrrole nitrogens is 1. The maximum Gasteiger partial charge on any atom is 0.350 e. The number of anilines is 2. The van der Waals surface area contributed by atoms with Gasteiger partial charge in [0.05, 0.1) is 0 Å². The Hall–Kier alpha value is -1.92. The van der Waals surface area contributed by atoms with Gasteiger partial charge in [-0.05, 0) is 0 Å². The fraction of sp³-hybridized carbons (Fsp3) is 0. The second-order valence-corrected chi connectivity index (χ2v) is 1.87. The molecule has 0 spiro atoms. The Bertz CT molecular complexity index is 389. The highest BCUT2D eigenvalue weighted by molar-refractivity contribution is 5.51. The quantitative estimate of drug-likeness (QED) is 0.255. The van der Waals surface area contributed by atoms with Crippen molar-refractivity contribution < 1.29 is 5.21 Å². The topological polar surface area (TPSA) is 127 Å². The molecular weight excluding hydrogens is 152 g/mol. The Morgan fingerprint density at radius 1 is 1.36 bits per heavy atom. The van der Waals surface area contributed by atoms with Crippen LogP contribution in [-0.2, 0) is 0 Å². The summed E-state index contributed by atoms with van der Waals surface area (Å²) in [4.78, 5) is 23.1. The second kappa shape index (κ2) is 2.04. The molecule has 0 saturated carbocycles. The summed E-state index contributed by atoms with van der Waals surface area (Å²) in [5.74, 6) is -0.619. The molecule has 0 atom stereocenters. The van der Waals surface area contributed by atoms with Gasteiger partial charge in [0.2, 0.25) is 0 Å². The number of nitrogens with one attached hydrogen (secondary N) is 1. The Morgan fingerprint density at radius 3 is 2.45 bits per heavy atom. The van der Waals surface area contributed by atoms with Crippen LogP contribution < -0.4 is 22.6 Å². The van der Waals surface area contributed by atoms with Gasteiger partial charge >= 0.3 is 11.1 Å². The van der Waals surface area contributed by atoms with E-state index < -0.39 is 11.1 Å². The summed E-state index contributed by atoms with van der Waals surface area (Å²) in [5.41, 5.74) is 7.99. The smallest absolute Gasteiger partial charge is 0.350 e. The largest absolute Gasteiger partial charge is 0.423 e. The van der Waals surface area contributed by atoms with Crippen molar-refractivity contribution in [3.63, 3.8) is 0 Å². The predicted molar refractivity (Wildman–Crippen MR) is 37.3 cm³/mol. The highest BCUT2D eigenvalue weighted by Crippen LogP contribution is 2.01. The summed E-state index contributed by atoms with van der Waals surface area (Å²) in [5, 5.41) is 8.75. The summed E-state index contributed by atoms with van der Waals surface area (Å²) >= 11 is 0. The van der Waals surface area contributed by atoms with Crippen molar-refractivity contribution in [2.24, 2.45) is 0 Å². The Morgan fingerprint density at radius 2 is 1.91 bits per heavy atom. The van der Waals surface area contributed by atoms with E-state index in [4.69, 9.17) is 16.7 Å². The van der Waals surface area contributed by atoms with E-state index in [9.17, 15) is 9.59 Å². The van der Waals surface area contributed by atoms with Gasteiger partial charge in [0.25, 0.3) is 0 Å². The molecule has 0 aliphatic carbocycles. The second-order valence-electron chi connectivity index (χ2n) is 1.87. The zero-order chi connectivity index (χ0) is 8.59. The number of hydrogen-bond acceptors (Lipinski definition) is 5. The van der Waals surface area contributed by atoms with E-state index in [-0.39, 0.29) is 16.4 Å². The molecule has 0 aliphatic heterocycles. The number of nitrogen functional groups attached to an aromatic ring is 2. The number of nitrogens with two attached hydrogens (primary N) is 2. The number of aromatic nitrogens is 2. The van der Waals surface area contributed by atoms with Crippen LogP contribution in [0.1, 0.15) is 0 Å². The molecule has 0 aromatic carbocycles. The van der Waals surface area contributed by atoms with Crippen LogP contribution in [0, 0.1) is 0 Å². The van der Waals surface area contributed by atoms with Crippen molar-refractivity contribution in [2.75, 3.05) is 11.5 Å². The number of nitrogens with zero attached hydrogens (tertiary/aromatic N) is 1. The first-order chi connectivity index (χ1) is 5.04. The zero-order valence-electron chi connectivity index (χ0n) is 5.37. The van der Waals surface area contributed by atoms with Gasteiger partial charge < -0.3 is 21.7 Å². The van der Waals surface area contributed by atoms with Crippen LogP contribution in [0.15, 0.2) is 9.59 Å². The predicted octanol–water partition coefficient (Wildman–Crippen LogP) is -2.06. The van der Waals surface area contributed by atoms with Crippen LogP contribution in [0.25, 0.3) is 0 Å². The Kier molecular flexibility index (Phi) is 1.34. The number of hydrogen-bond donors (Lipinski definition) is 4. The average Bonchev–Trinajstić information content (AvgIpc) is 1.97. The van der Waals surface area contributed by atoms with Crippen molar-refractivity contribution >= 4 is 11.6 Å². The molecule has 0 saturated heterocycles. The van der Waals surface area contributed by atoms with Gasteiger partial charge in [-0.25, -0.2) is 0 Å². The van der Waals surface area contributed by atoms with E-state index in [1.54, 1.807) is 0 Å². The third-order valence-electron chi connectivity index (χ3n) is 1.14. The van der Waals surface area contributed by atoms with Gasteiger partial charge in [-0.1, -0.05) is 0 Å². The summed E-state index contributed by atoms with van der Waals surface area (Å²) < 4.78 is -0.00579. The third-order valence-corrected chi connectivity index (χ3v) is 1.14. The molecule has 11 heavy (non-hydrogen) atoms. The Balaban J connectivity index is 3.73. The van der Waals surface area contributed by atoms with E-state index in [0.717, 1.165) is 0 Å². The zero-order valence-corrected chi connectivity index (χ0v) is 5.37.